The number of anilines is 1. The lowest BCUT2D eigenvalue weighted by Gasteiger charge is -2.19. The molecule has 0 radical (unpaired) electrons. The highest BCUT2D eigenvalue weighted by Crippen LogP contribution is 2.33. The van der Waals surface area contributed by atoms with E-state index in [0.29, 0.717) is 23.7 Å². The zero-order chi connectivity index (χ0) is 18.7. The third kappa shape index (κ3) is 3.61. The van der Waals surface area contributed by atoms with Crippen LogP contribution in [-0.4, -0.2) is 38.6 Å². The van der Waals surface area contributed by atoms with Crippen LogP contribution in [0.3, 0.4) is 0 Å². The van der Waals surface area contributed by atoms with Crippen molar-refractivity contribution in [3.8, 4) is 11.5 Å². The Kier molecular flexibility index (Phi) is 5.06. The van der Waals surface area contributed by atoms with Crippen molar-refractivity contribution in [2.45, 2.75) is 12.5 Å². The maximum Gasteiger partial charge on any atom is 0.251 e. The van der Waals surface area contributed by atoms with Crippen LogP contribution in [0, 0.1) is 5.82 Å². The molecule has 6 nitrogen and oxygen atoms in total. The summed E-state index contributed by atoms with van der Waals surface area (Å²) in [6, 6.07) is 10.3. The van der Waals surface area contributed by atoms with Gasteiger partial charge in [0.05, 0.1) is 20.3 Å². The first kappa shape index (κ1) is 17.7. The lowest BCUT2D eigenvalue weighted by atomic mass is 10.2. The van der Waals surface area contributed by atoms with Crippen molar-refractivity contribution in [2.75, 3.05) is 25.7 Å². The first-order valence-electron chi connectivity index (χ1n) is 8.10. The second-order valence-electron chi connectivity index (χ2n) is 5.93. The van der Waals surface area contributed by atoms with Gasteiger partial charge in [-0.3, -0.25) is 9.59 Å². The SMILES string of the molecule is COc1ccc(N2C[C@@H](NC(=O)c3cccc(F)c3)CC2=O)cc1OC. The molecule has 1 heterocycles. The second-order valence-corrected chi connectivity index (χ2v) is 5.93. The first-order valence-corrected chi connectivity index (χ1v) is 8.10. The topological polar surface area (TPSA) is 67.9 Å². The fraction of sp³-hybridized carbons (Fsp3) is 0.263. The van der Waals surface area contributed by atoms with Gasteiger partial charge in [-0.25, -0.2) is 4.39 Å². The minimum Gasteiger partial charge on any atom is -0.493 e. The molecule has 1 aliphatic rings. The molecular formula is C19H19FN2O4. The van der Waals surface area contributed by atoms with Crippen molar-refractivity contribution in [3.05, 3.63) is 53.8 Å². The van der Waals surface area contributed by atoms with Gasteiger partial charge in [0.15, 0.2) is 11.5 Å². The lowest BCUT2D eigenvalue weighted by molar-refractivity contribution is -0.117. The number of methoxy groups -OCH3 is 2. The van der Waals surface area contributed by atoms with Crippen molar-refractivity contribution in [2.24, 2.45) is 0 Å². The number of rotatable bonds is 5. The van der Waals surface area contributed by atoms with Gasteiger partial charge >= 0.3 is 0 Å². The second kappa shape index (κ2) is 7.43. The molecule has 26 heavy (non-hydrogen) atoms. The van der Waals surface area contributed by atoms with Gasteiger partial charge in [0.25, 0.3) is 5.91 Å². The Bertz CT molecular complexity index is 840. The van der Waals surface area contributed by atoms with Crippen molar-refractivity contribution in [1.82, 2.24) is 5.32 Å². The van der Waals surface area contributed by atoms with Gasteiger partial charge in [0.2, 0.25) is 5.91 Å². The van der Waals surface area contributed by atoms with Crippen LogP contribution in [0.15, 0.2) is 42.5 Å². The van der Waals surface area contributed by atoms with E-state index < -0.39 is 11.7 Å². The van der Waals surface area contributed by atoms with Gasteiger partial charge in [-0.05, 0) is 30.3 Å². The Morgan fingerprint density at radius 1 is 1.15 bits per heavy atom. The number of hydrogen-bond acceptors (Lipinski definition) is 4. The number of carbonyl (C=O) groups excluding carboxylic acids is 2. The molecular weight excluding hydrogens is 339 g/mol. The summed E-state index contributed by atoms with van der Waals surface area (Å²) in [5.41, 5.74) is 0.886. The number of benzene rings is 2. The number of carbonyl (C=O) groups is 2. The molecule has 0 unspecified atom stereocenters. The molecule has 0 aliphatic carbocycles. The quantitative estimate of drug-likeness (QED) is 0.891. The predicted octanol–water partition coefficient (Wildman–Crippen LogP) is 2.38. The summed E-state index contributed by atoms with van der Waals surface area (Å²) >= 11 is 0. The number of halogens is 1. The molecule has 7 heteroatoms. The van der Waals surface area contributed by atoms with Crippen LogP contribution in [-0.2, 0) is 4.79 Å². The summed E-state index contributed by atoms with van der Waals surface area (Å²) in [5.74, 6) is 0.0919. The summed E-state index contributed by atoms with van der Waals surface area (Å²) < 4.78 is 23.7. The molecule has 2 aromatic rings. The zero-order valence-electron chi connectivity index (χ0n) is 14.5. The van der Waals surface area contributed by atoms with Gasteiger partial charge in [-0.1, -0.05) is 6.07 Å². The van der Waals surface area contributed by atoms with Gasteiger partial charge < -0.3 is 19.7 Å². The van der Waals surface area contributed by atoms with E-state index in [2.05, 4.69) is 5.32 Å². The third-order valence-electron chi connectivity index (χ3n) is 4.23. The number of nitrogens with one attached hydrogen (secondary N) is 1. The van der Waals surface area contributed by atoms with Gasteiger partial charge in [0, 0.05) is 30.3 Å². The van der Waals surface area contributed by atoms with E-state index in [9.17, 15) is 14.0 Å². The van der Waals surface area contributed by atoms with E-state index in [4.69, 9.17) is 9.47 Å². The molecule has 1 atom stereocenters. The summed E-state index contributed by atoms with van der Waals surface area (Å²) in [5, 5.41) is 2.78. The normalized spacial score (nSPS) is 16.5. The Hall–Kier alpha value is -3.09. The van der Waals surface area contributed by atoms with Crippen LogP contribution in [0.2, 0.25) is 0 Å². The molecule has 0 aromatic heterocycles. The first-order chi connectivity index (χ1) is 12.5. The van der Waals surface area contributed by atoms with Crippen LogP contribution in [0.25, 0.3) is 0 Å². The predicted molar refractivity (Wildman–Crippen MR) is 94.2 cm³/mol. The van der Waals surface area contributed by atoms with E-state index in [-0.39, 0.29) is 23.9 Å². The smallest absolute Gasteiger partial charge is 0.251 e. The van der Waals surface area contributed by atoms with Crippen LogP contribution < -0.4 is 19.7 Å². The number of nitrogens with zero attached hydrogens (tertiary/aromatic N) is 1. The zero-order valence-corrected chi connectivity index (χ0v) is 14.5. The molecule has 3 rings (SSSR count). The van der Waals surface area contributed by atoms with Crippen LogP contribution in [0.4, 0.5) is 10.1 Å². The van der Waals surface area contributed by atoms with Crippen LogP contribution >= 0.6 is 0 Å². The Labute approximate surface area is 150 Å². The van der Waals surface area contributed by atoms with E-state index in [1.54, 1.807) is 23.1 Å². The molecule has 2 amide bonds. The van der Waals surface area contributed by atoms with Crippen molar-refractivity contribution in [3.63, 3.8) is 0 Å². The molecule has 1 N–H and O–H groups in total. The van der Waals surface area contributed by atoms with E-state index in [1.807, 2.05) is 0 Å². The average Bonchev–Trinajstić information content (AvgIpc) is 3.01. The highest BCUT2D eigenvalue weighted by molar-refractivity contribution is 5.99. The van der Waals surface area contributed by atoms with E-state index >= 15 is 0 Å². The largest absolute Gasteiger partial charge is 0.493 e. The number of hydrogen-bond donors (Lipinski definition) is 1. The molecule has 2 aromatic carbocycles. The molecule has 0 spiro atoms. The standard InChI is InChI=1S/C19H19FN2O4/c1-25-16-7-6-15(10-17(16)26-2)22-11-14(9-18(22)23)21-19(24)12-4-3-5-13(20)8-12/h3-8,10,14H,9,11H2,1-2H3,(H,21,24)/t14-/m0/s1. The Morgan fingerprint density at radius 2 is 1.92 bits per heavy atom. The monoisotopic (exact) mass is 358 g/mol. The maximum atomic E-state index is 13.3. The van der Waals surface area contributed by atoms with Gasteiger partial charge in [0.1, 0.15) is 5.82 Å². The van der Waals surface area contributed by atoms with Crippen molar-refractivity contribution >= 4 is 17.5 Å². The fourth-order valence-electron chi connectivity index (χ4n) is 2.95. The minimum absolute atomic E-state index is 0.109. The molecule has 136 valence electrons. The molecule has 0 saturated carbocycles. The summed E-state index contributed by atoms with van der Waals surface area (Å²) in [7, 11) is 3.06. The Balaban J connectivity index is 1.72. The summed E-state index contributed by atoms with van der Waals surface area (Å²) in [6.45, 7) is 0.329. The average molecular weight is 358 g/mol. The van der Waals surface area contributed by atoms with E-state index in [1.165, 1.54) is 32.4 Å². The lowest BCUT2D eigenvalue weighted by Crippen LogP contribution is -2.37. The summed E-state index contributed by atoms with van der Waals surface area (Å²) in [4.78, 5) is 26.2. The van der Waals surface area contributed by atoms with Crippen molar-refractivity contribution < 1.29 is 23.5 Å². The van der Waals surface area contributed by atoms with Crippen molar-refractivity contribution in [1.29, 1.82) is 0 Å². The Morgan fingerprint density at radius 3 is 2.62 bits per heavy atom. The maximum absolute atomic E-state index is 13.3. The molecule has 1 saturated heterocycles. The van der Waals surface area contributed by atoms with Gasteiger partial charge in [-0.15, -0.1) is 0 Å². The minimum atomic E-state index is -0.480. The molecule has 0 bridgehead atoms. The van der Waals surface area contributed by atoms with Crippen LogP contribution in [0.5, 0.6) is 11.5 Å². The highest BCUT2D eigenvalue weighted by atomic mass is 19.1. The number of ether oxygens (including phenoxy) is 2. The third-order valence-corrected chi connectivity index (χ3v) is 4.23. The molecule has 1 fully saturated rings. The molecule has 1 aliphatic heterocycles. The summed E-state index contributed by atoms with van der Waals surface area (Å²) in [6.07, 6.45) is 0.176. The van der Waals surface area contributed by atoms with Gasteiger partial charge in [-0.2, -0.15) is 0 Å². The van der Waals surface area contributed by atoms with E-state index in [0.717, 1.165) is 6.07 Å². The van der Waals surface area contributed by atoms with Crippen LogP contribution in [0.1, 0.15) is 16.8 Å². The highest BCUT2D eigenvalue weighted by Gasteiger charge is 2.32. The number of amides is 2. The fourth-order valence-corrected chi connectivity index (χ4v) is 2.95.